The van der Waals surface area contributed by atoms with Gasteiger partial charge in [0.25, 0.3) is 0 Å². The second-order valence-corrected chi connectivity index (χ2v) is 26.2. The fourth-order valence-corrected chi connectivity index (χ4v) is 13.0. The van der Waals surface area contributed by atoms with Crippen LogP contribution in [0.2, 0.25) is 0 Å². The highest BCUT2D eigenvalue weighted by atomic mass is 19.1. The number of H-pyrrole nitrogens is 2. The lowest BCUT2D eigenvalue weighted by Crippen LogP contribution is -2.64. The molecule has 102 heavy (non-hydrogen) atoms. The number of nitrogens with one attached hydrogen (secondary N) is 10. The maximum Gasteiger partial charge on any atom is 0.246 e. The van der Waals surface area contributed by atoms with E-state index in [1.807, 2.05) is 0 Å². The Labute approximate surface area is 585 Å². The third kappa shape index (κ3) is 19.1. The van der Waals surface area contributed by atoms with E-state index in [9.17, 15) is 47.9 Å². The van der Waals surface area contributed by atoms with Gasteiger partial charge in [-0.1, -0.05) is 24.3 Å². The van der Waals surface area contributed by atoms with Crippen LogP contribution in [0.3, 0.4) is 0 Å². The molecule has 2 fully saturated rings. The van der Waals surface area contributed by atoms with Crippen molar-refractivity contribution in [2.75, 3.05) is 39.9 Å². The summed E-state index contributed by atoms with van der Waals surface area (Å²) in [5.74, 6) is -10.2. The topological polar surface area (TPSA) is 413 Å². The van der Waals surface area contributed by atoms with Crippen molar-refractivity contribution in [3.05, 3.63) is 131 Å². The summed E-state index contributed by atoms with van der Waals surface area (Å²) in [7, 11) is 1.45. The standard InChI is InChI=1S/C71H87F3N14O14/c1-38-63(93)82-55(30-42-35-78-51-19-13-44(72)32-49(42)51)65(95)83-57(31-43-36-79-52-20-14-45(73)33-50(43)52)68(98)87-37-46(74)34-58(87)66(96)86-61(39(2)89)67(97)84-56(29-41-9-15-47(101-4)16-10-41)69(99)88-26-7-23-71(88,3)70(100)85-54(62(76)92)28-40-11-17-48(18-12-40)102-27-25-77-59(90)21-22-60(91)81-53(64(94)80-38)8-5-6-24-75/h9-20,32-33,35-36,38-39,46,53-58,61,78-79,89H,5-8,21-31,34,37,75H2,1-4H3,(H2,76,92)(H,77,90)(H,80,94)(H,81,91)(H,82,93)(H,83,95)(H,84,97)(H,85,100)(H,86,96)/t38-,39-,46+,53+,54+,55+,56+,57+,58+,61+,71+/m1/s1. The van der Waals surface area contributed by atoms with Crippen molar-refractivity contribution in [3.63, 3.8) is 0 Å². The van der Waals surface area contributed by atoms with Crippen LogP contribution >= 0.6 is 0 Å². The van der Waals surface area contributed by atoms with Crippen molar-refractivity contribution in [2.24, 2.45) is 11.5 Å². The van der Waals surface area contributed by atoms with E-state index in [1.165, 1.54) is 74.6 Å². The van der Waals surface area contributed by atoms with Gasteiger partial charge in [-0.25, -0.2) is 13.2 Å². The number of halogens is 3. The smallest absolute Gasteiger partial charge is 0.246 e. The number of benzene rings is 4. The number of nitrogens with zero attached hydrogens (tertiary/aromatic N) is 2. The molecular weight excluding hydrogens is 1330 g/mol. The number of hydrogen-bond acceptors (Lipinski definition) is 15. The molecule has 28 nitrogen and oxygen atoms in total. The lowest BCUT2D eigenvalue weighted by atomic mass is 9.94. The van der Waals surface area contributed by atoms with E-state index in [1.54, 1.807) is 48.5 Å². The number of aliphatic hydroxyl groups is 1. The first kappa shape index (κ1) is 75.6. The van der Waals surface area contributed by atoms with E-state index < -0.39 is 169 Å². The van der Waals surface area contributed by atoms with Crippen LogP contribution in [0.1, 0.15) is 94.4 Å². The molecule has 4 aromatic carbocycles. The Morgan fingerprint density at radius 1 is 0.706 bits per heavy atom. The normalized spacial score (nSPS) is 25.0. The summed E-state index contributed by atoms with van der Waals surface area (Å²) in [6.07, 6.45) is -1.92. The number of primary amides is 1. The monoisotopic (exact) mass is 1420 g/mol. The van der Waals surface area contributed by atoms with Crippen molar-refractivity contribution in [1.82, 2.24) is 62.3 Å². The van der Waals surface area contributed by atoms with Gasteiger partial charge in [-0.3, -0.25) is 52.7 Å². The van der Waals surface area contributed by atoms with Gasteiger partial charge >= 0.3 is 0 Å². The largest absolute Gasteiger partial charge is 0.497 e. The molecule has 6 heterocycles. The van der Waals surface area contributed by atoms with Crippen molar-refractivity contribution in [1.29, 1.82) is 0 Å². The van der Waals surface area contributed by atoms with Gasteiger partial charge in [-0.2, -0.15) is 0 Å². The summed E-state index contributed by atoms with van der Waals surface area (Å²) >= 11 is 0. The zero-order valence-electron chi connectivity index (χ0n) is 57.0. The molecule has 2 aromatic heterocycles. The Bertz CT molecular complexity index is 4060. The summed E-state index contributed by atoms with van der Waals surface area (Å²) < 4.78 is 57.2. The van der Waals surface area contributed by atoms with E-state index in [0.717, 1.165) is 11.8 Å². The maximum atomic E-state index is 16.2. The third-order valence-electron chi connectivity index (χ3n) is 18.7. The van der Waals surface area contributed by atoms with Crippen LogP contribution in [0.4, 0.5) is 13.2 Å². The number of carbonyl (C=O) groups excluding carboxylic acids is 11. The first-order chi connectivity index (χ1) is 48.7. The zero-order valence-corrected chi connectivity index (χ0v) is 57.0. The number of fused-ring (bicyclic) bond motifs is 32. The minimum atomic E-state index is -1.91. The van der Waals surface area contributed by atoms with Crippen molar-refractivity contribution >= 4 is 86.8 Å². The van der Waals surface area contributed by atoms with Crippen molar-refractivity contribution < 1.29 is 80.5 Å². The number of carbonyl (C=O) groups is 11. The Morgan fingerprint density at radius 2 is 1.31 bits per heavy atom. The summed E-state index contributed by atoms with van der Waals surface area (Å²) in [6.45, 7) is 3.48. The second kappa shape index (κ2) is 34.2. The number of rotatable bonds is 13. The molecule has 4 aliphatic heterocycles. The van der Waals surface area contributed by atoms with Crippen LogP contribution in [0.15, 0.2) is 97.3 Å². The van der Waals surface area contributed by atoms with E-state index in [-0.39, 0.29) is 75.7 Å². The van der Waals surface area contributed by atoms with Gasteiger partial charge in [0.2, 0.25) is 65.0 Å². The molecule has 0 radical (unpaired) electrons. The summed E-state index contributed by atoms with van der Waals surface area (Å²) in [5.41, 5.74) is 12.5. The molecule has 2 saturated heterocycles. The Hall–Kier alpha value is -10.6. The van der Waals surface area contributed by atoms with Crippen molar-refractivity contribution in [3.8, 4) is 11.5 Å². The van der Waals surface area contributed by atoms with E-state index in [0.29, 0.717) is 63.9 Å². The average molecular weight is 1420 g/mol. The number of hydrogen-bond donors (Lipinski definition) is 13. The van der Waals surface area contributed by atoms with Gasteiger partial charge < -0.3 is 88.3 Å². The number of ether oxygens (including phenoxy) is 2. The van der Waals surface area contributed by atoms with Crippen LogP contribution in [0.25, 0.3) is 21.8 Å². The van der Waals surface area contributed by atoms with Crippen LogP contribution in [-0.2, 0) is 78.4 Å². The Kier molecular flexibility index (Phi) is 25.4. The molecule has 11 amide bonds. The summed E-state index contributed by atoms with van der Waals surface area (Å²) in [5, 5.41) is 33.0. The highest BCUT2D eigenvalue weighted by molar-refractivity contribution is 6.01. The molecule has 546 valence electrons. The molecule has 0 saturated carbocycles. The van der Waals surface area contributed by atoms with Gasteiger partial charge in [0.1, 0.15) is 89.8 Å². The number of alkyl halides is 1. The molecule has 10 rings (SSSR count). The first-order valence-corrected chi connectivity index (χ1v) is 33.9. The number of methoxy groups -OCH3 is 1. The van der Waals surface area contributed by atoms with Gasteiger partial charge in [0.05, 0.1) is 26.3 Å². The number of unbranched alkanes of at least 4 members (excludes halogenated alkanes) is 1. The SMILES string of the molecule is COc1ccc(C[C@@H]2NC(=O)[C@H]([C@@H](C)O)NC(=O)[C@@H]3C[C@H](F)CN3C(=O)[C@H](Cc3c[nH]c4ccc(F)cc34)NC(=O)[C@H](Cc3c[nH]c4ccc(F)cc34)NC(=O)[C@@H](C)NC(=O)[C@H](CCCCN)NC(=O)CCC(=O)NCCOc3ccc(cc3)C[C@@H](C(N)=O)NC(=O)[C@]3(C)CCCN3C2=O)cc1. The van der Waals surface area contributed by atoms with E-state index in [2.05, 4.69) is 52.5 Å². The lowest BCUT2D eigenvalue weighted by molar-refractivity contribution is -0.147. The molecule has 4 aliphatic rings. The van der Waals surface area contributed by atoms with Gasteiger partial charge in [0, 0.05) is 85.7 Å². The Morgan fingerprint density at radius 3 is 1.94 bits per heavy atom. The molecular formula is C71H87F3N14O14. The van der Waals surface area contributed by atoms with Crippen LogP contribution in [-0.4, -0.2) is 196 Å². The number of nitrogens with two attached hydrogens (primary N) is 2. The van der Waals surface area contributed by atoms with Gasteiger partial charge in [0.15, 0.2) is 0 Å². The van der Waals surface area contributed by atoms with Gasteiger partial charge in [-0.05, 0) is 142 Å². The third-order valence-corrected chi connectivity index (χ3v) is 18.7. The molecule has 0 unspecified atom stereocenters. The summed E-state index contributed by atoms with van der Waals surface area (Å²) in [4.78, 5) is 166. The quantitative estimate of drug-likeness (QED) is 0.0571. The fourth-order valence-electron chi connectivity index (χ4n) is 13.0. The fraction of sp³-hybridized carbons (Fsp3) is 0.451. The minimum absolute atomic E-state index is 0.00252. The molecule has 31 heteroatoms. The predicted molar refractivity (Wildman–Crippen MR) is 366 cm³/mol. The highest BCUT2D eigenvalue weighted by Gasteiger charge is 2.49. The predicted octanol–water partition coefficient (Wildman–Crippen LogP) is 1.22. The Balaban J connectivity index is 1.05. The minimum Gasteiger partial charge on any atom is -0.497 e. The average Bonchev–Trinajstić information content (AvgIpc) is 1.57. The maximum absolute atomic E-state index is 16.2. The second-order valence-electron chi connectivity index (χ2n) is 26.2. The zero-order chi connectivity index (χ0) is 73.5. The lowest BCUT2D eigenvalue weighted by Gasteiger charge is -2.37. The number of amides is 11. The molecule has 6 aromatic rings. The molecule has 15 N–H and O–H groups in total. The number of aliphatic hydroxyl groups excluding tert-OH is 1. The highest BCUT2D eigenvalue weighted by Crippen LogP contribution is 2.32. The van der Waals surface area contributed by atoms with E-state index in [4.69, 9.17) is 20.9 Å². The molecule has 2 bridgehead atoms. The van der Waals surface area contributed by atoms with E-state index >= 15 is 23.2 Å². The first-order valence-electron chi connectivity index (χ1n) is 33.9. The molecule has 0 aliphatic carbocycles. The molecule has 0 spiro atoms. The van der Waals surface area contributed by atoms with Gasteiger partial charge in [-0.15, -0.1) is 0 Å². The van der Waals surface area contributed by atoms with Crippen molar-refractivity contribution in [2.45, 2.75) is 164 Å². The van der Waals surface area contributed by atoms with Crippen LogP contribution in [0, 0.1) is 11.6 Å². The molecule has 11 atom stereocenters. The number of aromatic amines is 2. The van der Waals surface area contributed by atoms with Crippen LogP contribution < -0.4 is 63.5 Å². The summed E-state index contributed by atoms with van der Waals surface area (Å²) in [6, 6.07) is 8.00. The number of aromatic nitrogens is 2. The van der Waals surface area contributed by atoms with Crippen LogP contribution in [0.5, 0.6) is 11.5 Å².